The maximum Gasteiger partial charge on any atom is 0.176 e. The van der Waals surface area contributed by atoms with Crippen molar-refractivity contribution in [3.05, 3.63) is 49.4 Å². The maximum absolute atomic E-state index is 4.37. The van der Waals surface area contributed by atoms with Crippen molar-refractivity contribution in [1.29, 1.82) is 0 Å². The fourth-order valence-corrected chi connectivity index (χ4v) is 1.79. The quantitative estimate of drug-likeness (QED) is 0.792. The van der Waals surface area contributed by atoms with Gasteiger partial charge in [0, 0.05) is 24.6 Å². The number of anilines is 1. The van der Waals surface area contributed by atoms with Crippen molar-refractivity contribution in [1.82, 2.24) is 14.8 Å². The molecule has 2 aromatic rings. The number of aromatic nitrogens is 3. The van der Waals surface area contributed by atoms with E-state index in [4.69, 9.17) is 0 Å². The molecule has 18 heavy (non-hydrogen) atoms. The summed E-state index contributed by atoms with van der Waals surface area (Å²) < 4.78 is 1.77. The van der Waals surface area contributed by atoms with Crippen LogP contribution in [0.3, 0.4) is 0 Å². The molecular weight excluding hydrogens is 224 g/mol. The predicted octanol–water partition coefficient (Wildman–Crippen LogP) is 3.03. The van der Waals surface area contributed by atoms with Crippen LogP contribution in [0, 0.1) is 0 Å². The number of rotatable bonds is 6. The van der Waals surface area contributed by atoms with Crippen LogP contribution in [0.1, 0.15) is 19.8 Å². The van der Waals surface area contributed by atoms with Crippen LogP contribution >= 0.6 is 0 Å². The monoisotopic (exact) mass is 242 g/mol. The van der Waals surface area contributed by atoms with Crippen LogP contribution < -0.4 is 5.32 Å². The molecule has 0 spiro atoms. The van der Waals surface area contributed by atoms with Crippen LogP contribution in [0.5, 0.6) is 0 Å². The van der Waals surface area contributed by atoms with Crippen molar-refractivity contribution in [2.75, 3.05) is 5.32 Å². The molecule has 0 aliphatic rings. The van der Waals surface area contributed by atoms with E-state index in [9.17, 15) is 0 Å². The third-order valence-electron chi connectivity index (χ3n) is 2.71. The van der Waals surface area contributed by atoms with Gasteiger partial charge < -0.3 is 5.32 Å². The molecule has 1 unspecified atom stereocenters. The Morgan fingerprint density at radius 3 is 3.06 bits per heavy atom. The zero-order valence-corrected chi connectivity index (χ0v) is 10.6. The summed E-state index contributed by atoms with van der Waals surface area (Å²) in [5, 5.41) is 7.68. The number of hydrogen-bond donors (Lipinski definition) is 1. The molecule has 1 atom stereocenters. The Morgan fingerprint density at radius 2 is 2.33 bits per heavy atom. The highest BCUT2D eigenvalue weighted by atomic mass is 15.3. The molecule has 0 saturated heterocycles. The predicted molar refractivity (Wildman–Crippen MR) is 73.9 cm³/mol. The van der Waals surface area contributed by atoms with E-state index < -0.39 is 0 Å². The lowest BCUT2D eigenvalue weighted by Gasteiger charge is -2.16. The van der Waals surface area contributed by atoms with Gasteiger partial charge in [0.15, 0.2) is 5.82 Å². The fraction of sp³-hybridized carbons (Fsp3) is 0.286. The van der Waals surface area contributed by atoms with E-state index in [-0.39, 0.29) is 0 Å². The molecule has 0 amide bonds. The summed E-state index contributed by atoms with van der Waals surface area (Å²) in [5.74, 6) is 0.827. The van der Waals surface area contributed by atoms with E-state index in [2.05, 4.69) is 28.9 Å². The molecule has 1 N–H and O–H groups in total. The van der Waals surface area contributed by atoms with Crippen LogP contribution in [0.4, 0.5) is 5.69 Å². The Labute approximate surface area is 107 Å². The first kappa shape index (κ1) is 12.4. The van der Waals surface area contributed by atoms with Gasteiger partial charge in [-0.25, -0.2) is 9.67 Å². The standard InChI is InChI=1S/C14H18N4/c1-3-4-7-12(2)17-13-8-5-9-15-14(13)18-11-6-10-16-18/h3,5-6,8-12,17H,1,4,7H2,2H3. The van der Waals surface area contributed by atoms with Crippen molar-refractivity contribution in [3.63, 3.8) is 0 Å². The van der Waals surface area contributed by atoms with Crippen LogP contribution in [-0.4, -0.2) is 20.8 Å². The maximum atomic E-state index is 4.37. The number of hydrogen-bond acceptors (Lipinski definition) is 3. The molecular formula is C14H18N4. The van der Waals surface area contributed by atoms with Crippen molar-refractivity contribution in [2.24, 2.45) is 0 Å². The van der Waals surface area contributed by atoms with Gasteiger partial charge in [-0.3, -0.25) is 0 Å². The van der Waals surface area contributed by atoms with Gasteiger partial charge in [-0.1, -0.05) is 6.08 Å². The van der Waals surface area contributed by atoms with Gasteiger partial charge in [-0.05, 0) is 38.0 Å². The Balaban J connectivity index is 2.15. The Bertz CT molecular complexity index is 490. The lowest BCUT2D eigenvalue weighted by Crippen LogP contribution is -2.16. The summed E-state index contributed by atoms with van der Waals surface area (Å²) in [7, 11) is 0. The van der Waals surface area contributed by atoms with Gasteiger partial charge >= 0.3 is 0 Å². The zero-order valence-electron chi connectivity index (χ0n) is 10.6. The highest BCUT2D eigenvalue weighted by Gasteiger charge is 2.08. The van der Waals surface area contributed by atoms with Crippen LogP contribution in [0.15, 0.2) is 49.4 Å². The lowest BCUT2D eigenvalue weighted by molar-refractivity contribution is 0.715. The Hall–Kier alpha value is -2.10. The van der Waals surface area contributed by atoms with Crippen molar-refractivity contribution in [2.45, 2.75) is 25.8 Å². The minimum Gasteiger partial charge on any atom is -0.380 e. The molecule has 0 aromatic carbocycles. The fourth-order valence-electron chi connectivity index (χ4n) is 1.79. The van der Waals surface area contributed by atoms with Gasteiger partial charge in [0.1, 0.15) is 0 Å². The Kier molecular flexibility index (Phi) is 4.12. The van der Waals surface area contributed by atoms with E-state index in [0.717, 1.165) is 24.3 Å². The molecule has 0 saturated carbocycles. The first-order valence-corrected chi connectivity index (χ1v) is 6.13. The van der Waals surface area contributed by atoms with Gasteiger partial charge in [-0.15, -0.1) is 6.58 Å². The van der Waals surface area contributed by atoms with E-state index in [1.165, 1.54) is 0 Å². The smallest absolute Gasteiger partial charge is 0.176 e. The van der Waals surface area contributed by atoms with Gasteiger partial charge in [0.05, 0.1) is 5.69 Å². The van der Waals surface area contributed by atoms with E-state index in [1.54, 1.807) is 17.1 Å². The first-order valence-electron chi connectivity index (χ1n) is 6.13. The molecule has 94 valence electrons. The second-order valence-corrected chi connectivity index (χ2v) is 4.24. The second kappa shape index (κ2) is 6.00. The molecule has 4 nitrogen and oxygen atoms in total. The zero-order chi connectivity index (χ0) is 12.8. The summed E-state index contributed by atoms with van der Waals surface area (Å²) >= 11 is 0. The topological polar surface area (TPSA) is 42.7 Å². The van der Waals surface area contributed by atoms with Gasteiger partial charge in [-0.2, -0.15) is 5.10 Å². The normalized spacial score (nSPS) is 12.1. The van der Waals surface area contributed by atoms with Gasteiger partial charge in [0.25, 0.3) is 0 Å². The molecule has 2 rings (SSSR count). The average molecular weight is 242 g/mol. The van der Waals surface area contributed by atoms with E-state index >= 15 is 0 Å². The molecule has 2 aromatic heterocycles. The molecule has 0 aliphatic carbocycles. The average Bonchev–Trinajstić information content (AvgIpc) is 2.91. The minimum atomic E-state index is 0.376. The van der Waals surface area contributed by atoms with Crippen molar-refractivity contribution in [3.8, 4) is 5.82 Å². The van der Waals surface area contributed by atoms with Gasteiger partial charge in [0.2, 0.25) is 0 Å². The second-order valence-electron chi connectivity index (χ2n) is 4.24. The highest BCUT2D eigenvalue weighted by molar-refractivity contribution is 5.56. The largest absolute Gasteiger partial charge is 0.380 e. The van der Waals surface area contributed by atoms with E-state index in [1.807, 2.05) is 30.5 Å². The Morgan fingerprint density at radius 1 is 1.44 bits per heavy atom. The minimum absolute atomic E-state index is 0.376. The third kappa shape index (κ3) is 2.97. The van der Waals surface area contributed by atoms with Crippen LogP contribution in [0.25, 0.3) is 5.82 Å². The van der Waals surface area contributed by atoms with Crippen molar-refractivity contribution >= 4 is 5.69 Å². The number of allylic oxidation sites excluding steroid dienone is 1. The summed E-state index contributed by atoms with van der Waals surface area (Å²) in [6, 6.07) is 6.21. The molecule has 0 radical (unpaired) electrons. The molecule has 0 fully saturated rings. The van der Waals surface area contributed by atoms with E-state index in [0.29, 0.717) is 6.04 Å². The summed E-state index contributed by atoms with van der Waals surface area (Å²) in [6.45, 7) is 5.90. The highest BCUT2D eigenvalue weighted by Crippen LogP contribution is 2.18. The molecule has 0 aliphatic heterocycles. The molecule has 2 heterocycles. The molecule has 4 heteroatoms. The molecule has 0 bridgehead atoms. The van der Waals surface area contributed by atoms with Crippen molar-refractivity contribution < 1.29 is 0 Å². The first-order chi connectivity index (χ1) is 8.81. The number of nitrogens with one attached hydrogen (secondary N) is 1. The SMILES string of the molecule is C=CCCC(C)Nc1cccnc1-n1cccn1. The summed E-state index contributed by atoms with van der Waals surface area (Å²) in [5.41, 5.74) is 0.998. The number of nitrogens with zero attached hydrogens (tertiary/aromatic N) is 3. The third-order valence-corrected chi connectivity index (χ3v) is 2.71. The van der Waals surface area contributed by atoms with Crippen LogP contribution in [-0.2, 0) is 0 Å². The van der Waals surface area contributed by atoms with Crippen LogP contribution in [0.2, 0.25) is 0 Å². The summed E-state index contributed by atoms with van der Waals surface area (Å²) in [6.07, 6.45) is 9.41. The summed E-state index contributed by atoms with van der Waals surface area (Å²) in [4.78, 5) is 4.37. The number of pyridine rings is 1. The lowest BCUT2D eigenvalue weighted by atomic mass is 10.2.